The fraction of sp³-hybridized carbons (Fsp3) is 0.476. The van der Waals surface area contributed by atoms with Crippen molar-refractivity contribution >= 4 is 12.1 Å². The maximum Gasteiger partial charge on any atom is 0.256 e. The fourth-order valence-electron chi connectivity index (χ4n) is 4.03. The molecule has 1 aromatic heterocycles. The molecule has 0 aromatic carbocycles. The first-order chi connectivity index (χ1) is 13.4. The standard InChI is InChI=1S/C21H27FN4O2/c1-5-6-16(9-23-3)25-10-15(11-25)7-20(27)26-12-18-14(2)17(8-22)21(28)24(4)19(18)13-26/h5-6,9,15H,1,7-8,10-13H2,2-4H3/b16-6+,23-9?. The maximum absolute atomic E-state index is 13.3. The lowest BCUT2D eigenvalue weighted by Crippen LogP contribution is -2.48. The van der Waals surface area contributed by atoms with Gasteiger partial charge in [-0.3, -0.25) is 14.6 Å². The van der Waals surface area contributed by atoms with E-state index in [9.17, 15) is 14.0 Å². The van der Waals surface area contributed by atoms with Gasteiger partial charge in [0.05, 0.1) is 17.8 Å². The van der Waals surface area contributed by atoms with Crippen molar-refractivity contribution in [1.29, 1.82) is 0 Å². The number of carbonyl (C=O) groups excluding carboxylic acids is 1. The summed E-state index contributed by atoms with van der Waals surface area (Å²) in [4.78, 5) is 33.1. The second-order valence-corrected chi connectivity index (χ2v) is 7.47. The minimum Gasteiger partial charge on any atom is -0.370 e. The zero-order valence-electron chi connectivity index (χ0n) is 16.7. The number of nitrogens with zero attached hydrogens (tertiary/aromatic N) is 4. The number of allylic oxidation sites excluding steroid dienone is 3. The summed E-state index contributed by atoms with van der Waals surface area (Å²) in [6, 6.07) is 0. The molecule has 3 rings (SSSR count). The van der Waals surface area contributed by atoms with Crippen LogP contribution in [0.4, 0.5) is 4.39 Å². The van der Waals surface area contributed by atoms with E-state index in [1.54, 1.807) is 38.2 Å². The molecule has 28 heavy (non-hydrogen) atoms. The number of alkyl halides is 1. The molecule has 0 radical (unpaired) electrons. The summed E-state index contributed by atoms with van der Waals surface area (Å²) in [5.74, 6) is 0.369. The van der Waals surface area contributed by atoms with Crippen molar-refractivity contribution in [1.82, 2.24) is 14.4 Å². The first-order valence-electron chi connectivity index (χ1n) is 9.45. The topological polar surface area (TPSA) is 57.9 Å². The molecule has 6 nitrogen and oxygen atoms in total. The van der Waals surface area contributed by atoms with Gasteiger partial charge in [0.15, 0.2) is 0 Å². The number of halogens is 1. The molecule has 2 aliphatic rings. The highest BCUT2D eigenvalue weighted by Crippen LogP contribution is 2.29. The van der Waals surface area contributed by atoms with Crippen LogP contribution in [0.2, 0.25) is 0 Å². The van der Waals surface area contributed by atoms with Gasteiger partial charge in [0.1, 0.15) is 6.67 Å². The van der Waals surface area contributed by atoms with Gasteiger partial charge in [0.25, 0.3) is 5.56 Å². The Morgan fingerprint density at radius 1 is 1.32 bits per heavy atom. The van der Waals surface area contributed by atoms with Gasteiger partial charge in [-0.1, -0.05) is 12.7 Å². The predicted molar refractivity (Wildman–Crippen MR) is 108 cm³/mol. The van der Waals surface area contributed by atoms with Gasteiger partial charge in [0, 0.05) is 58.0 Å². The molecular weight excluding hydrogens is 359 g/mol. The molecule has 0 spiro atoms. The normalized spacial score (nSPS) is 17.2. The molecule has 0 unspecified atom stereocenters. The number of pyridine rings is 1. The Morgan fingerprint density at radius 2 is 2.04 bits per heavy atom. The minimum atomic E-state index is -0.779. The number of hydrogen-bond acceptors (Lipinski definition) is 4. The average molecular weight is 386 g/mol. The van der Waals surface area contributed by atoms with Crippen molar-refractivity contribution in [3.8, 4) is 0 Å². The van der Waals surface area contributed by atoms with Crippen molar-refractivity contribution in [3.63, 3.8) is 0 Å². The molecule has 2 aliphatic heterocycles. The average Bonchev–Trinajstić information content (AvgIpc) is 3.09. The van der Waals surface area contributed by atoms with E-state index < -0.39 is 6.67 Å². The van der Waals surface area contributed by atoms with E-state index in [0.717, 1.165) is 30.0 Å². The van der Waals surface area contributed by atoms with Crippen LogP contribution in [0.1, 0.15) is 28.8 Å². The lowest BCUT2D eigenvalue weighted by molar-refractivity contribution is -0.134. The largest absolute Gasteiger partial charge is 0.370 e. The number of amides is 1. The molecule has 1 aromatic rings. The third kappa shape index (κ3) is 3.53. The van der Waals surface area contributed by atoms with E-state index in [1.807, 2.05) is 6.08 Å². The summed E-state index contributed by atoms with van der Waals surface area (Å²) in [6.07, 6.45) is 5.91. The van der Waals surface area contributed by atoms with Crippen LogP contribution in [0.15, 0.2) is 34.2 Å². The molecular formula is C21H27FN4O2. The van der Waals surface area contributed by atoms with Crippen LogP contribution in [-0.2, 0) is 31.6 Å². The Labute approximate surface area is 164 Å². The van der Waals surface area contributed by atoms with Crippen molar-refractivity contribution in [2.45, 2.75) is 33.1 Å². The van der Waals surface area contributed by atoms with Gasteiger partial charge >= 0.3 is 0 Å². The summed E-state index contributed by atoms with van der Waals surface area (Å²) >= 11 is 0. The number of hydrogen-bond donors (Lipinski definition) is 0. The van der Waals surface area contributed by atoms with E-state index >= 15 is 0 Å². The second kappa shape index (κ2) is 8.12. The van der Waals surface area contributed by atoms with Crippen molar-refractivity contribution in [2.24, 2.45) is 18.0 Å². The van der Waals surface area contributed by atoms with E-state index in [1.165, 1.54) is 4.57 Å². The Balaban J connectivity index is 1.64. The number of aromatic nitrogens is 1. The van der Waals surface area contributed by atoms with Gasteiger partial charge in [-0.05, 0) is 24.1 Å². The van der Waals surface area contributed by atoms with E-state index in [2.05, 4.69) is 16.5 Å². The first kappa shape index (κ1) is 20.0. The van der Waals surface area contributed by atoms with Gasteiger partial charge in [-0.2, -0.15) is 0 Å². The van der Waals surface area contributed by atoms with Crippen LogP contribution in [0, 0.1) is 12.8 Å². The Bertz CT molecular complexity index is 910. The maximum atomic E-state index is 13.3. The van der Waals surface area contributed by atoms with E-state index in [0.29, 0.717) is 31.0 Å². The third-order valence-electron chi connectivity index (χ3n) is 5.73. The van der Waals surface area contributed by atoms with Crippen molar-refractivity contribution < 1.29 is 9.18 Å². The third-order valence-corrected chi connectivity index (χ3v) is 5.73. The Kier molecular flexibility index (Phi) is 5.82. The van der Waals surface area contributed by atoms with Gasteiger partial charge < -0.3 is 14.4 Å². The van der Waals surface area contributed by atoms with Gasteiger partial charge in [-0.15, -0.1) is 0 Å². The molecule has 0 bridgehead atoms. The van der Waals surface area contributed by atoms with Crippen molar-refractivity contribution in [3.05, 3.63) is 57.2 Å². The quantitative estimate of drug-likeness (QED) is 0.556. The number of carbonyl (C=O) groups is 1. The zero-order chi connectivity index (χ0) is 20.4. The molecule has 1 amide bonds. The van der Waals surface area contributed by atoms with Crippen LogP contribution in [0.25, 0.3) is 0 Å². The summed E-state index contributed by atoms with van der Waals surface area (Å²) < 4.78 is 14.8. The highest BCUT2D eigenvalue weighted by molar-refractivity contribution is 5.79. The molecule has 1 fully saturated rings. The first-order valence-corrected chi connectivity index (χ1v) is 9.45. The van der Waals surface area contributed by atoms with Crippen LogP contribution >= 0.6 is 0 Å². The molecule has 0 atom stereocenters. The van der Waals surface area contributed by atoms with E-state index in [-0.39, 0.29) is 17.0 Å². The summed E-state index contributed by atoms with van der Waals surface area (Å²) in [7, 11) is 3.38. The molecule has 0 N–H and O–H groups in total. The van der Waals surface area contributed by atoms with Crippen LogP contribution in [-0.4, -0.2) is 46.6 Å². The molecule has 1 saturated heterocycles. The Morgan fingerprint density at radius 3 is 2.64 bits per heavy atom. The smallest absolute Gasteiger partial charge is 0.256 e. The lowest BCUT2D eigenvalue weighted by atomic mass is 9.95. The van der Waals surface area contributed by atoms with Gasteiger partial charge in [0.2, 0.25) is 5.91 Å². The number of aliphatic imine (C=N–C) groups is 1. The monoisotopic (exact) mass is 386 g/mol. The molecule has 0 saturated carbocycles. The molecule has 150 valence electrons. The van der Waals surface area contributed by atoms with E-state index in [4.69, 9.17) is 0 Å². The Hall–Kier alpha value is -2.70. The highest BCUT2D eigenvalue weighted by Gasteiger charge is 2.34. The zero-order valence-corrected chi connectivity index (χ0v) is 16.7. The van der Waals surface area contributed by atoms with Crippen LogP contribution < -0.4 is 5.56 Å². The molecule has 7 heteroatoms. The molecule has 0 aliphatic carbocycles. The van der Waals surface area contributed by atoms with Gasteiger partial charge in [-0.25, -0.2) is 4.39 Å². The summed E-state index contributed by atoms with van der Waals surface area (Å²) in [5, 5.41) is 0. The summed E-state index contributed by atoms with van der Waals surface area (Å²) in [5.41, 5.74) is 3.31. The van der Waals surface area contributed by atoms with Crippen molar-refractivity contribution in [2.75, 3.05) is 20.1 Å². The second-order valence-electron chi connectivity index (χ2n) is 7.47. The SMILES string of the molecule is C=C/C=C(\C=NC)N1CC(CC(=O)N2Cc3c(C)c(CF)c(=O)n(C)c3C2)C1. The molecule has 3 heterocycles. The predicted octanol–water partition coefficient (Wildman–Crippen LogP) is 2.10. The minimum absolute atomic E-state index is 0.0768. The van der Waals surface area contributed by atoms with Crippen LogP contribution in [0.5, 0.6) is 0 Å². The number of fused-ring (bicyclic) bond motifs is 1. The highest BCUT2D eigenvalue weighted by atomic mass is 19.1. The number of rotatable bonds is 6. The summed E-state index contributed by atoms with van der Waals surface area (Å²) in [6.45, 7) is 7.19. The lowest BCUT2D eigenvalue weighted by Gasteiger charge is -2.41. The fourth-order valence-corrected chi connectivity index (χ4v) is 4.03. The number of likely N-dealkylation sites (tertiary alicyclic amines) is 1. The van der Waals surface area contributed by atoms with Crippen LogP contribution in [0.3, 0.4) is 0 Å².